The minimum Gasteiger partial charge on any atom is -0.465 e. The van der Waals surface area contributed by atoms with E-state index in [4.69, 9.17) is 4.74 Å². The summed E-state index contributed by atoms with van der Waals surface area (Å²) in [5.74, 6) is -2.14. The summed E-state index contributed by atoms with van der Waals surface area (Å²) in [5.41, 5.74) is 4.53. The first-order chi connectivity index (χ1) is 11.0. The summed E-state index contributed by atoms with van der Waals surface area (Å²) < 4.78 is 31.8. The second-order valence-electron chi connectivity index (χ2n) is 5.60. The van der Waals surface area contributed by atoms with Crippen molar-refractivity contribution >= 4 is 11.5 Å². The van der Waals surface area contributed by atoms with Crippen LogP contribution in [0.4, 0.5) is 8.78 Å². The minimum absolute atomic E-state index is 0.417. The number of esters is 1. The zero-order chi connectivity index (χ0) is 16.6. The van der Waals surface area contributed by atoms with Crippen LogP contribution in [0, 0.1) is 18.6 Å². The molecule has 0 heterocycles. The molecule has 0 fully saturated rings. The number of ether oxygens (including phenoxy) is 1. The van der Waals surface area contributed by atoms with Crippen LogP contribution in [0.15, 0.2) is 36.4 Å². The van der Waals surface area contributed by atoms with Gasteiger partial charge in [0.15, 0.2) is 11.6 Å². The molecular weight excluding hydrogens is 298 g/mol. The Morgan fingerprint density at radius 3 is 2.57 bits per heavy atom. The number of fused-ring (bicyclic) bond motifs is 1. The molecule has 0 saturated carbocycles. The van der Waals surface area contributed by atoms with Gasteiger partial charge in [0.1, 0.15) is 0 Å². The summed E-state index contributed by atoms with van der Waals surface area (Å²) in [5, 5.41) is 0. The standard InChI is InChI=1S/C19H16F2O2/c1-11-8-17(20)18(21)10-15(11)14-5-3-4-12-6-7-13(9-16(12)14)19(22)23-2/h5-10H,3-4H2,1-2H3. The van der Waals surface area contributed by atoms with E-state index in [1.807, 2.05) is 12.1 Å². The van der Waals surface area contributed by atoms with Crippen molar-refractivity contribution in [3.8, 4) is 0 Å². The van der Waals surface area contributed by atoms with Crippen LogP contribution in [-0.4, -0.2) is 13.1 Å². The fraction of sp³-hybridized carbons (Fsp3) is 0.211. The lowest BCUT2D eigenvalue weighted by molar-refractivity contribution is 0.0600. The summed E-state index contributed by atoms with van der Waals surface area (Å²) >= 11 is 0. The Labute approximate surface area is 133 Å². The highest BCUT2D eigenvalue weighted by molar-refractivity contribution is 5.92. The maximum absolute atomic E-state index is 13.7. The van der Waals surface area contributed by atoms with Gasteiger partial charge in [-0.15, -0.1) is 0 Å². The van der Waals surface area contributed by atoms with Gasteiger partial charge in [-0.25, -0.2) is 13.6 Å². The number of hydrogen-bond acceptors (Lipinski definition) is 2. The van der Waals surface area contributed by atoms with Gasteiger partial charge in [0.05, 0.1) is 12.7 Å². The molecule has 0 radical (unpaired) electrons. The molecule has 0 aliphatic heterocycles. The number of methoxy groups -OCH3 is 1. The van der Waals surface area contributed by atoms with Crippen molar-refractivity contribution in [3.05, 3.63) is 75.9 Å². The molecule has 3 rings (SSSR count). The van der Waals surface area contributed by atoms with Gasteiger partial charge in [-0.2, -0.15) is 0 Å². The first-order valence-electron chi connectivity index (χ1n) is 7.39. The van der Waals surface area contributed by atoms with Gasteiger partial charge >= 0.3 is 5.97 Å². The van der Waals surface area contributed by atoms with Gasteiger partial charge in [0.25, 0.3) is 0 Å². The highest BCUT2D eigenvalue weighted by Crippen LogP contribution is 2.34. The highest BCUT2D eigenvalue weighted by atomic mass is 19.2. The first-order valence-corrected chi connectivity index (χ1v) is 7.39. The number of carbonyl (C=O) groups is 1. The molecule has 2 aromatic carbocycles. The molecule has 0 atom stereocenters. The van der Waals surface area contributed by atoms with Gasteiger partial charge in [-0.3, -0.25) is 0 Å². The first kappa shape index (κ1) is 15.4. The van der Waals surface area contributed by atoms with Crippen molar-refractivity contribution in [1.29, 1.82) is 0 Å². The Morgan fingerprint density at radius 2 is 1.83 bits per heavy atom. The van der Waals surface area contributed by atoms with Crippen LogP contribution in [0.25, 0.3) is 5.57 Å². The van der Waals surface area contributed by atoms with Crippen LogP contribution < -0.4 is 0 Å². The number of carbonyl (C=O) groups excluding carboxylic acids is 1. The summed E-state index contributed by atoms with van der Waals surface area (Å²) in [6, 6.07) is 7.79. The fourth-order valence-corrected chi connectivity index (χ4v) is 2.96. The van der Waals surface area contributed by atoms with Crippen molar-refractivity contribution < 1.29 is 18.3 Å². The Morgan fingerprint density at radius 1 is 1.09 bits per heavy atom. The molecule has 0 saturated heterocycles. The SMILES string of the molecule is COC(=O)c1ccc2c(c1)C(c1cc(F)c(F)cc1C)=CCC2. The van der Waals surface area contributed by atoms with E-state index in [0.29, 0.717) is 16.7 Å². The third-order valence-electron chi connectivity index (χ3n) is 4.14. The average molecular weight is 314 g/mol. The van der Waals surface area contributed by atoms with Crippen LogP contribution in [-0.2, 0) is 11.2 Å². The molecule has 0 spiro atoms. The monoisotopic (exact) mass is 314 g/mol. The Kier molecular flexibility index (Phi) is 3.99. The minimum atomic E-state index is -0.872. The van der Waals surface area contributed by atoms with Gasteiger partial charge in [-0.05, 0) is 71.9 Å². The van der Waals surface area contributed by atoms with E-state index in [1.54, 1.807) is 19.1 Å². The van der Waals surface area contributed by atoms with Crippen molar-refractivity contribution in [2.45, 2.75) is 19.8 Å². The molecule has 0 amide bonds. The van der Waals surface area contributed by atoms with Gasteiger partial charge in [-0.1, -0.05) is 12.1 Å². The molecule has 0 bridgehead atoms. The lowest BCUT2D eigenvalue weighted by atomic mass is 9.84. The van der Waals surface area contributed by atoms with Gasteiger partial charge < -0.3 is 4.74 Å². The average Bonchev–Trinajstić information content (AvgIpc) is 2.56. The zero-order valence-electron chi connectivity index (χ0n) is 13.0. The number of allylic oxidation sites excluding steroid dienone is 1. The molecule has 2 aromatic rings. The van der Waals surface area contributed by atoms with E-state index < -0.39 is 17.6 Å². The smallest absolute Gasteiger partial charge is 0.337 e. The van der Waals surface area contributed by atoms with Crippen LogP contribution >= 0.6 is 0 Å². The van der Waals surface area contributed by atoms with E-state index in [0.717, 1.165) is 29.5 Å². The summed E-state index contributed by atoms with van der Waals surface area (Å²) in [6.45, 7) is 1.75. The molecule has 0 unspecified atom stereocenters. The topological polar surface area (TPSA) is 26.3 Å². The molecule has 1 aliphatic carbocycles. The summed E-state index contributed by atoms with van der Waals surface area (Å²) in [6.07, 6.45) is 3.67. The molecule has 0 aromatic heterocycles. The molecule has 118 valence electrons. The fourth-order valence-electron chi connectivity index (χ4n) is 2.96. The van der Waals surface area contributed by atoms with Gasteiger partial charge in [0.2, 0.25) is 0 Å². The van der Waals surface area contributed by atoms with Crippen molar-refractivity contribution in [2.75, 3.05) is 7.11 Å². The summed E-state index contributed by atoms with van der Waals surface area (Å²) in [7, 11) is 1.33. The van der Waals surface area contributed by atoms with E-state index in [9.17, 15) is 13.6 Å². The largest absolute Gasteiger partial charge is 0.465 e. The number of benzene rings is 2. The molecular formula is C19H16F2O2. The Balaban J connectivity index is 2.15. The Bertz CT molecular complexity index is 822. The zero-order valence-corrected chi connectivity index (χ0v) is 13.0. The van der Waals surface area contributed by atoms with Crippen LogP contribution in [0.2, 0.25) is 0 Å². The predicted molar refractivity (Wildman–Crippen MR) is 84.3 cm³/mol. The maximum Gasteiger partial charge on any atom is 0.337 e. The number of rotatable bonds is 2. The predicted octanol–water partition coefficient (Wildman–Crippen LogP) is 4.44. The third kappa shape index (κ3) is 2.77. The van der Waals surface area contributed by atoms with Crippen molar-refractivity contribution in [1.82, 2.24) is 0 Å². The summed E-state index contributed by atoms with van der Waals surface area (Å²) in [4.78, 5) is 11.8. The van der Waals surface area contributed by atoms with Crippen LogP contribution in [0.1, 0.15) is 39.0 Å². The second-order valence-corrected chi connectivity index (χ2v) is 5.60. The highest BCUT2D eigenvalue weighted by Gasteiger charge is 2.19. The van der Waals surface area contributed by atoms with E-state index in [1.165, 1.54) is 19.2 Å². The molecule has 1 aliphatic rings. The molecule has 4 heteroatoms. The number of hydrogen-bond donors (Lipinski definition) is 0. The van der Waals surface area contributed by atoms with Crippen molar-refractivity contribution in [2.24, 2.45) is 0 Å². The van der Waals surface area contributed by atoms with E-state index in [2.05, 4.69) is 0 Å². The Hall–Kier alpha value is -2.49. The number of halogens is 2. The van der Waals surface area contributed by atoms with E-state index in [-0.39, 0.29) is 0 Å². The quantitative estimate of drug-likeness (QED) is 0.766. The molecule has 23 heavy (non-hydrogen) atoms. The number of aryl methyl sites for hydroxylation is 2. The second kappa shape index (κ2) is 5.95. The normalized spacial score (nSPS) is 13.3. The van der Waals surface area contributed by atoms with Crippen molar-refractivity contribution in [3.63, 3.8) is 0 Å². The van der Waals surface area contributed by atoms with Crippen LogP contribution in [0.5, 0.6) is 0 Å². The molecule has 0 N–H and O–H groups in total. The van der Waals surface area contributed by atoms with Gasteiger partial charge in [0, 0.05) is 0 Å². The van der Waals surface area contributed by atoms with Crippen LogP contribution in [0.3, 0.4) is 0 Å². The lowest BCUT2D eigenvalue weighted by Crippen LogP contribution is -2.07. The third-order valence-corrected chi connectivity index (χ3v) is 4.14. The maximum atomic E-state index is 13.7. The van der Waals surface area contributed by atoms with E-state index >= 15 is 0 Å². The molecule has 2 nitrogen and oxygen atoms in total. The lowest BCUT2D eigenvalue weighted by Gasteiger charge is -2.20.